The molecule has 4 nitrogen and oxygen atoms in total. The molecule has 0 amide bonds. The molecule has 0 unspecified atom stereocenters. The van der Waals surface area contributed by atoms with E-state index < -0.39 is 0 Å². The first-order valence-corrected chi connectivity index (χ1v) is 19.8. The number of hydrogen-bond donors (Lipinski definition) is 0. The first kappa shape index (κ1) is 32.6. The Kier molecular flexibility index (Phi) is 7.35. The number of pyridine rings is 1. The Labute approximate surface area is 328 Å². The van der Waals surface area contributed by atoms with Gasteiger partial charge in [-0.2, -0.15) is 0 Å². The minimum absolute atomic E-state index is 0.142. The van der Waals surface area contributed by atoms with Gasteiger partial charge in [-0.15, -0.1) is 11.3 Å². The number of hydrogen-bond acceptors (Lipinski definition) is 5. The third-order valence-electron chi connectivity index (χ3n) is 11.3. The largest absolute Gasteiger partial charge is 0.246 e. The highest BCUT2D eigenvalue weighted by Crippen LogP contribution is 2.49. The van der Waals surface area contributed by atoms with E-state index in [1.807, 2.05) is 17.4 Å². The van der Waals surface area contributed by atoms with Gasteiger partial charge >= 0.3 is 0 Å². The van der Waals surface area contributed by atoms with E-state index in [-0.39, 0.29) is 5.41 Å². The number of benzene rings is 7. The Hall–Kier alpha value is -6.82. The topological polar surface area (TPSA) is 51.6 Å². The second-order valence-electron chi connectivity index (χ2n) is 15.0. The Morgan fingerprint density at radius 3 is 1.77 bits per heavy atom. The predicted octanol–water partition coefficient (Wildman–Crippen LogP) is 13.4. The van der Waals surface area contributed by atoms with Crippen molar-refractivity contribution in [1.82, 2.24) is 19.9 Å². The average molecular weight is 735 g/mol. The van der Waals surface area contributed by atoms with E-state index in [4.69, 9.17) is 19.9 Å². The fourth-order valence-corrected chi connectivity index (χ4v) is 9.64. The van der Waals surface area contributed by atoms with Crippen molar-refractivity contribution in [2.45, 2.75) is 19.3 Å². The smallest absolute Gasteiger partial charge is 0.164 e. The molecule has 0 N–H and O–H groups in total. The van der Waals surface area contributed by atoms with Crippen molar-refractivity contribution in [3.8, 4) is 67.7 Å². The van der Waals surface area contributed by atoms with Gasteiger partial charge in [-0.1, -0.05) is 166 Å². The summed E-state index contributed by atoms with van der Waals surface area (Å²) in [6.07, 6.45) is 0. The summed E-state index contributed by atoms with van der Waals surface area (Å²) in [6, 6.07) is 60.0. The first-order valence-electron chi connectivity index (χ1n) is 19.0. The van der Waals surface area contributed by atoms with Gasteiger partial charge in [-0.3, -0.25) is 0 Å². The van der Waals surface area contributed by atoms with Gasteiger partial charge in [0, 0.05) is 48.5 Å². The number of fused-ring (bicyclic) bond motifs is 8. The molecule has 56 heavy (non-hydrogen) atoms. The number of nitrogens with zero attached hydrogens (tertiary/aromatic N) is 4. The molecule has 0 saturated heterocycles. The van der Waals surface area contributed by atoms with Gasteiger partial charge in [0.25, 0.3) is 0 Å². The van der Waals surface area contributed by atoms with E-state index in [1.54, 1.807) is 0 Å². The molecule has 264 valence electrons. The normalized spacial score (nSPS) is 13.0. The minimum Gasteiger partial charge on any atom is -0.246 e. The van der Waals surface area contributed by atoms with Crippen molar-refractivity contribution < 1.29 is 0 Å². The minimum atomic E-state index is -0.142. The lowest BCUT2D eigenvalue weighted by atomic mass is 9.82. The summed E-state index contributed by atoms with van der Waals surface area (Å²) in [4.78, 5) is 20.8. The molecule has 0 spiro atoms. The Bertz CT molecular complexity index is 3160. The lowest BCUT2D eigenvalue weighted by Gasteiger charge is -2.21. The molecule has 7 aromatic carbocycles. The summed E-state index contributed by atoms with van der Waals surface area (Å²) in [5, 5.41) is 3.56. The van der Waals surface area contributed by atoms with E-state index in [0.717, 1.165) is 50.0 Å². The second-order valence-corrected chi connectivity index (χ2v) is 16.1. The summed E-state index contributed by atoms with van der Waals surface area (Å²) in [7, 11) is 0. The third kappa shape index (κ3) is 5.19. The van der Waals surface area contributed by atoms with Crippen molar-refractivity contribution in [2.24, 2.45) is 0 Å². The van der Waals surface area contributed by atoms with Gasteiger partial charge in [0.05, 0.1) is 15.9 Å². The van der Waals surface area contributed by atoms with Crippen molar-refractivity contribution >= 4 is 42.4 Å². The van der Waals surface area contributed by atoms with Crippen LogP contribution in [0.15, 0.2) is 170 Å². The highest BCUT2D eigenvalue weighted by Gasteiger charge is 2.35. The first-order chi connectivity index (χ1) is 27.5. The lowest BCUT2D eigenvalue weighted by Crippen LogP contribution is -2.15. The fraction of sp³-hybridized carbons (Fsp3) is 0.0588. The van der Waals surface area contributed by atoms with E-state index in [2.05, 4.69) is 178 Å². The molecule has 11 rings (SSSR count). The zero-order valence-corrected chi connectivity index (χ0v) is 31.7. The molecule has 0 fully saturated rings. The summed E-state index contributed by atoms with van der Waals surface area (Å²) >= 11 is 1.81. The monoisotopic (exact) mass is 734 g/mol. The third-order valence-corrected chi connectivity index (χ3v) is 12.5. The Morgan fingerprint density at radius 2 is 0.964 bits per heavy atom. The maximum absolute atomic E-state index is 5.33. The summed E-state index contributed by atoms with van der Waals surface area (Å²) in [5.74, 6) is 1.91. The highest BCUT2D eigenvalue weighted by atomic mass is 32.1. The second kappa shape index (κ2) is 12.6. The van der Waals surface area contributed by atoms with Crippen molar-refractivity contribution in [2.75, 3.05) is 0 Å². The van der Waals surface area contributed by atoms with Crippen LogP contribution >= 0.6 is 11.3 Å². The Balaban J connectivity index is 1.05. The van der Waals surface area contributed by atoms with Crippen LogP contribution in [0.2, 0.25) is 0 Å². The molecule has 10 aromatic rings. The summed E-state index contributed by atoms with van der Waals surface area (Å²) < 4.78 is 2.47. The van der Waals surface area contributed by atoms with E-state index in [0.29, 0.717) is 17.5 Å². The molecule has 3 aromatic heterocycles. The van der Waals surface area contributed by atoms with Crippen LogP contribution < -0.4 is 0 Å². The summed E-state index contributed by atoms with van der Waals surface area (Å²) in [6.45, 7) is 4.61. The molecule has 0 aliphatic heterocycles. The number of aromatic nitrogens is 4. The van der Waals surface area contributed by atoms with Crippen LogP contribution in [0.3, 0.4) is 0 Å². The molecule has 0 bridgehead atoms. The van der Waals surface area contributed by atoms with E-state index in [1.165, 1.54) is 42.4 Å². The maximum atomic E-state index is 5.33. The molecule has 1 aliphatic rings. The van der Waals surface area contributed by atoms with Gasteiger partial charge < -0.3 is 0 Å². The van der Waals surface area contributed by atoms with Crippen LogP contribution in [-0.2, 0) is 5.41 Å². The van der Waals surface area contributed by atoms with Crippen LogP contribution in [0.5, 0.6) is 0 Å². The van der Waals surface area contributed by atoms with Gasteiger partial charge in [0.2, 0.25) is 0 Å². The SMILES string of the molecule is CC1(C)c2ccccc2-c2ccc(-c3nc(-c4ccc(-c5nc6c7ccccc7sc6c6ccccc56)cc4)nc(-c4cccc(-c5ccccc5)c4)n3)cc21. The van der Waals surface area contributed by atoms with Gasteiger partial charge in [-0.05, 0) is 51.6 Å². The van der Waals surface area contributed by atoms with E-state index >= 15 is 0 Å². The molecule has 0 atom stereocenters. The van der Waals surface area contributed by atoms with Crippen LogP contribution in [0.25, 0.3) is 98.7 Å². The highest BCUT2D eigenvalue weighted by molar-refractivity contribution is 7.26. The van der Waals surface area contributed by atoms with E-state index in [9.17, 15) is 0 Å². The fourth-order valence-electron chi connectivity index (χ4n) is 8.46. The molecule has 0 radical (unpaired) electrons. The molecular weight excluding hydrogens is 701 g/mol. The molecular formula is C51H34N4S. The zero-order valence-electron chi connectivity index (χ0n) is 30.9. The van der Waals surface area contributed by atoms with Crippen LogP contribution in [0, 0.1) is 0 Å². The van der Waals surface area contributed by atoms with Crippen LogP contribution in [-0.4, -0.2) is 19.9 Å². The van der Waals surface area contributed by atoms with Crippen molar-refractivity contribution in [3.05, 3.63) is 181 Å². The standard InChI is InChI=1S/C51H34N4S/c1-51(2)42-21-10-8-17-37(42)38-28-27-36(30-43(38)51)50-54-48(53-49(55-50)35-16-12-15-34(29-35)31-13-4-3-5-14-31)33-25-23-32(24-26-33)45-39-18-6-7-19-40(39)47-46(52-45)41-20-9-11-22-44(41)56-47/h3-30H,1-2H3. The average Bonchev–Trinajstić information content (AvgIpc) is 3.75. The predicted molar refractivity (Wildman–Crippen MR) is 233 cm³/mol. The van der Waals surface area contributed by atoms with Crippen molar-refractivity contribution in [1.29, 1.82) is 0 Å². The number of thiophene rings is 1. The molecule has 5 heteroatoms. The van der Waals surface area contributed by atoms with Crippen LogP contribution in [0.4, 0.5) is 0 Å². The lowest BCUT2D eigenvalue weighted by molar-refractivity contribution is 0.660. The van der Waals surface area contributed by atoms with Gasteiger partial charge in [0.15, 0.2) is 17.5 Å². The Morgan fingerprint density at radius 1 is 0.393 bits per heavy atom. The molecule has 3 heterocycles. The maximum Gasteiger partial charge on any atom is 0.164 e. The molecule has 1 aliphatic carbocycles. The van der Waals surface area contributed by atoms with Crippen LogP contribution in [0.1, 0.15) is 25.0 Å². The van der Waals surface area contributed by atoms with Gasteiger partial charge in [-0.25, -0.2) is 19.9 Å². The van der Waals surface area contributed by atoms with Crippen molar-refractivity contribution in [3.63, 3.8) is 0 Å². The summed E-state index contributed by atoms with van der Waals surface area (Å²) in [5.41, 5.74) is 13.2. The zero-order chi connectivity index (χ0) is 37.4. The van der Waals surface area contributed by atoms with Gasteiger partial charge in [0.1, 0.15) is 0 Å². The number of rotatable bonds is 5. The quantitative estimate of drug-likeness (QED) is 0.177. The molecule has 0 saturated carbocycles.